The van der Waals surface area contributed by atoms with Crippen molar-refractivity contribution >= 4 is 70.0 Å². The summed E-state index contributed by atoms with van der Waals surface area (Å²) >= 11 is 12.4. The van der Waals surface area contributed by atoms with Crippen molar-refractivity contribution in [2.24, 2.45) is 5.41 Å². The number of carbonyl (C=O) groups is 6. The number of benzene rings is 4. The van der Waals surface area contributed by atoms with Crippen molar-refractivity contribution in [2.75, 3.05) is 50.2 Å². The quantitative estimate of drug-likeness (QED) is 0.0548. The van der Waals surface area contributed by atoms with E-state index in [0.29, 0.717) is 35.5 Å². The van der Waals surface area contributed by atoms with Crippen LogP contribution in [0.4, 0.5) is 20.2 Å². The highest BCUT2D eigenvalue weighted by Gasteiger charge is 2.61. The molecule has 3 heterocycles. The summed E-state index contributed by atoms with van der Waals surface area (Å²) in [5, 5.41) is 25.3. The van der Waals surface area contributed by atoms with Crippen LogP contribution in [0.2, 0.25) is 10.0 Å². The lowest BCUT2D eigenvalue weighted by atomic mass is 9.62. The van der Waals surface area contributed by atoms with Crippen LogP contribution in [0.5, 0.6) is 0 Å². The summed E-state index contributed by atoms with van der Waals surface area (Å²) in [7, 11) is 0. The SMILES string of the molecule is Cc1cc(C(=O)NCCOCCOCCNc2cccc3c2C(=O)N(C2CCC(=O)NC2=O)C3=O)ccc1NC(=O)[C@@H]1N[C@@H](CC(C)(C)C)[C@](C#N)(c2ccc(Cl)cc2F)[C@H]1c1cccc(Cl)c1F. The second-order valence-corrected chi connectivity index (χ2v) is 19.1. The molecule has 0 saturated carbocycles. The van der Waals surface area contributed by atoms with Crippen LogP contribution in [0.25, 0.3) is 0 Å². The number of anilines is 2. The average molecular weight is 987 g/mol. The number of hydrogen-bond donors (Lipinski definition) is 5. The van der Waals surface area contributed by atoms with Crippen molar-refractivity contribution in [3.8, 4) is 6.07 Å². The molecule has 0 aromatic heterocycles. The molecule has 15 nitrogen and oxygen atoms in total. The van der Waals surface area contributed by atoms with Gasteiger partial charge in [0.15, 0.2) is 0 Å². The third-order valence-corrected chi connectivity index (χ3v) is 12.9. The fraction of sp³-hybridized carbons (Fsp3) is 0.380. The largest absolute Gasteiger partial charge is 0.382 e. The molecule has 69 heavy (non-hydrogen) atoms. The second kappa shape index (κ2) is 21.1. The van der Waals surface area contributed by atoms with Gasteiger partial charge in [0, 0.05) is 59.0 Å². The van der Waals surface area contributed by atoms with Crippen LogP contribution in [-0.4, -0.2) is 98.0 Å². The van der Waals surface area contributed by atoms with Crippen LogP contribution in [0.3, 0.4) is 0 Å². The first-order valence-electron chi connectivity index (χ1n) is 22.4. The van der Waals surface area contributed by atoms with Gasteiger partial charge in [0.25, 0.3) is 17.7 Å². The van der Waals surface area contributed by atoms with E-state index in [0.717, 1.165) is 11.0 Å². The molecule has 3 aliphatic heterocycles. The molecule has 0 bridgehead atoms. The fourth-order valence-corrected chi connectivity index (χ4v) is 9.63. The van der Waals surface area contributed by atoms with Crippen molar-refractivity contribution in [3.05, 3.63) is 128 Å². The summed E-state index contributed by atoms with van der Waals surface area (Å²) in [6.07, 6.45) is 0.383. The minimum Gasteiger partial charge on any atom is -0.382 e. The summed E-state index contributed by atoms with van der Waals surface area (Å²) < 4.78 is 43.4. The first kappa shape index (κ1) is 50.6. The molecule has 19 heteroatoms. The van der Waals surface area contributed by atoms with Crippen LogP contribution in [0, 0.1) is 35.3 Å². The maximum Gasteiger partial charge on any atom is 0.264 e. The molecule has 3 aliphatic rings. The van der Waals surface area contributed by atoms with Crippen LogP contribution in [0.1, 0.15) is 93.7 Å². The van der Waals surface area contributed by atoms with E-state index in [1.807, 2.05) is 20.8 Å². The third-order valence-electron chi connectivity index (χ3n) is 12.4. The number of nitrogens with one attached hydrogen (secondary N) is 5. The average Bonchev–Trinajstić information content (AvgIpc) is 3.75. The first-order chi connectivity index (χ1) is 32.9. The van der Waals surface area contributed by atoms with E-state index in [4.69, 9.17) is 32.7 Å². The molecule has 1 unspecified atom stereocenters. The van der Waals surface area contributed by atoms with Gasteiger partial charge in [-0.05, 0) is 84.8 Å². The lowest BCUT2D eigenvalue weighted by molar-refractivity contribution is -0.136. The molecule has 2 fully saturated rings. The van der Waals surface area contributed by atoms with E-state index in [-0.39, 0.29) is 78.1 Å². The maximum absolute atomic E-state index is 16.1. The molecule has 0 aliphatic carbocycles. The van der Waals surface area contributed by atoms with Gasteiger partial charge in [0.2, 0.25) is 17.7 Å². The highest BCUT2D eigenvalue weighted by molar-refractivity contribution is 6.31. The second-order valence-electron chi connectivity index (χ2n) is 18.3. The third kappa shape index (κ3) is 10.7. The highest BCUT2D eigenvalue weighted by Crippen LogP contribution is 2.53. The molecule has 362 valence electrons. The smallest absolute Gasteiger partial charge is 0.264 e. The number of amides is 6. The Labute approximate surface area is 407 Å². The molecule has 7 rings (SSSR count). The number of hydrogen-bond acceptors (Lipinski definition) is 11. The predicted octanol–water partition coefficient (Wildman–Crippen LogP) is 6.82. The number of piperidine rings is 1. The Hall–Kier alpha value is -6.29. The zero-order valence-electron chi connectivity index (χ0n) is 38.3. The van der Waals surface area contributed by atoms with Gasteiger partial charge in [-0.3, -0.25) is 39.0 Å². The molecule has 4 aromatic rings. The Balaban J connectivity index is 0.906. The number of halogens is 4. The van der Waals surface area contributed by atoms with Gasteiger partial charge in [-0.25, -0.2) is 8.78 Å². The van der Waals surface area contributed by atoms with E-state index >= 15 is 8.78 Å². The Bertz CT molecular complexity index is 2750. The molecule has 5 N–H and O–H groups in total. The van der Waals surface area contributed by atoms with Gasteiger partial charge in [0.1, 0.15) is 23.1 Å². The van der Waals surface area contributed by atoms with Crippen LogP contribution >= 0.6 is 23.2 Å². The Morgan fingerprint density at radius 3 is 2.32 bits per heavy atom. The first-order valence-corrected chi connectivity index (χ1v) is 23.1. The Morgan fingerprint density at radius 1 is 0.913 bits per heavy atom. The Morgan fingerprint density at radius 2 is 1.64 bits per heavy atom. The fourth-order valence-electron chi connectivity index (χ4n) is 9.29. The predicted molar refractivity (Wildman–Crippen MR) is 253 cm³/mol. The van der Waals surface area contributed by atoms with Gasteiger partial charge in [0.05, 0.1) is 54.7 Å². The van der Waals surface area contributed by atoms with Crippen LogP contribution in [-0.2, 0) is 29.3 Å². The van der Waals surface area contributed by atoms with Gasteiger partial charge >= 0.3 is 0 Å². The number of nitrogens with zero attached hydrogens (tertiary/aromatic N) is 2. The van der Waals surface area contributed by atoms with E-state index in [1.165, 1.54) is 42.5 Å². The molecular weight excluding hydrogens is 935 g/mol. The number of aryl methyl sites for hydroxylation is 1. The number of rotatable bonds is 17. The number of fused-ring (bicyclic) bond motifs is 1. The van der Waals surface area contributed by atoms with Crippen molar-refractivity contribution in [1.82, 2.24) is 20.9 Å². The van der Waals surface area contributed by atoms with Crippen molar-refractivity contribution in [2.45, 2.75) is 76.4 Å². The number of nitriles is 1. The normalized spacial score (nSPS) is 21.2. The van der Waals surface area contributed by atoms with Gasteiger partial charge in [-0.15, -0.1) is 0 Å². The lowest BCUT2D eigenvalue weighted by Gasteiger charge is -2.37. The summed E-state index contributed by atoms with van der Waals surface area (Å²) in [4.78, 5) is 78.8. The monoisotopic (exact) mass is 985 g/mol. The Kier molecular flexibility index (Phi) is 15.5. The minimum atomic E-state index is -1.80. The molecule has 0 spiro atoms. The number of ether oxygens (including phenoxy) is 2. The van der Waals surface area contributed by atoms with Gasteiger partial charge in [-0.2, -0.15) is 5.26 Å². The summed E-state index contributed by atoms with van der Waals surface area (Å²) in [5.41, 5.74) is -0.366. The van der Waals surface area contributed by atoms with E-state index < -0.39 is 82.0 Å². The van der Waals surface area contributed by atoms with E-state index in [2.05, 4.69) is 32.7 Å². The number of imide groups is 2. The summed E-state index contributed by atoms with van der Waals surface area (Å²) in [6, 6.07) is 16.9. The van der Waals surface area contributed by atoms with E-state index in [1.54, 1.807) is 31.2 Å². The zero-order chi connectivity index (χ0) is 49.8. The molecular formula is C50H51Cl2F2N7O8. The summed E-state index contributed by atoms with van der Waals surface area (Å²) in [5.74, 6) is -6.22. The molecule has 6 amide bonds. The van der Waals surface area contributed by atoms with Crippen molar-refractivity contribution in [1.29, 1.82) is 5.26 Å². The topological polar surface area (TPSA) is 208 Å². The van der Waals surface area contributed by atoms with Crippen molar-refractivity contribution < 1.29 is 47.0 Å². The molecule has 4 aromatic carbocycles. The van der Waals surface area contributed by atoms with Crippen LogP contribution < -0.4 is 26.6 Å². The zero-order valence-corrected chi connectivity index (χ0v) is 39.8. The van der Waals surface area contributed by atoms with Gasteiger partial charge < -0.3 is 30.7 Å². The molecule has 0 radical (unpaired) electrons. The van der Waals surface area contributed by atoms with E-state index in [9.17, 15) is 34.0 Å². The van der Waals surface area contributed by atoms with Crippen molar-refractivity contribution in [3.63, 3.8) is 0 Å². The summed E-state index contributed by atoms with van der Waals surface area (Å²) in [6.45, 7) is 8.89. The standard InChI is InChI=1S/C50H51Cl2F2N7O8/c1-27-23-28(44(63)57-18-20-69-22-21-68-19-17-56-36-10-6-7-30-40(36)48(67)61(47(30)66)37-15-16-39(62)60-45(37)64)11-14-35(27)58-46(65)43-41(31-8-5-9-33(52)42(31)54)50(26-55,38(59-43)25-49(2,3)4)32-13-12-29(51)24-34(32)53/h5-14,23-24,37-38,41,43,56,59H,15-22,25H2,1-4H3,(H,57,63)(H,58,65)(H,60,62,64)/t37?,38-,41-,43+,50-/m0/s1. The highest BCUT2D eigenvalue weighted by atomic mass is 35.5. The van der Waals surface area contributed by atoms with Gasteiger partial charge in [-0.1, -0.05) is 68.2 Å². The molecule has 5 atom stereocenters. The maximum atomic E-state index is 16.1. The van der Waals surface area contributed by atoms with Crippen LogP contribution in [0.15, 0.2) is 72.8 Å². The molecule has 2 saturated heterocycles. The minimum absolute atomic E-state index is 0.0237. The number of carbonyl (C=O) groups excluding carboxylic acids is 6. The lowest BCUT2D eigenvalue weighted by Crippen LogP contribution is -2.54.